The number of nitrogens with one attached hydrogen (secondary N) is 2. The number of benzene rings is 2. The summed E-state index contributed by atoms with van der Waals surface area (Å²) in [5.74, 6) is 0.312. The first-order chi connectivity index (χ1) is 12.8. The van der Waals surface area contributed by atoms with Crippen LogP contribution < -0.4 is 10.6 Å². The van der Waals surface area contributed by atoms with Crippen LogP contribution in [-0.4, -0.2) is 15.9 Å². The zero-order valence-electron chi connectivity index (χ0n) is 16.1. The van der Waals surface area contributed by atoms with E-state index in [-0.39, 0.29) is 17.0 Å². The third-order valence-electron chi connectivity index (χ3n) is 4.19. The largest absolute Gasteiger partial charge is 0.339 e. The zero-order chi connectivity index (χ0) is 19.4. The molecule has 0 fully saturated rings. The molecule has 1 amide bonds. The highest BCUT2D eigenvalue weighted by Gasteiger charge is 2.18. The summed E-state index contributed by atoms with van der Waals surface area (Å²) in [6, 6.07) is 15.7. The number of rotatable bonds is 4. The SMILES string of the molecule is Cc1ccc(NC(=O)c2cnc(Nc3ccccc3C(C)(C)C)cn2)cc1. The number of carbonyl (C=O) groups is 1. The van der Waals surface area contributed by atoms with E-state index in [1.807, 2.05) is 49.4 Å². The smallest absolute Gasteiger partial charge is 0.275 e. The Morgan fingerprint density at radius 1 is 0.926 bits per heavy atom. The van der Waals surface area contributed by atoms with Crippen molar-refractivity contribution in [3.8, 4) is 0 Å². The molecule has 2 aromatic carbocycles. The number of hydrogen-bond donors (Lipinski definition) is 2. The van der Waals surface area contributed by atoms with E-state index in [1.54, 1.807) is 6.20 Å². The van der Waals surface area contributed by atoms with Gasteiger partial charge >= 0.3 is 0 Å². The van der Waals surface area contributed by atoms with Crippen LogP contribution in [0.2, 0.25) is 0 Å². The third kappa shape index (κ3) is 4.70. The first kappa shape index (κ1) is 18.6. The minimum atomic E-state index is -0.284. The lowest BCUT2D eigenvalue weighted by atomic mass is 9.86. The number of hydrogen-bond acceptors (Lipinski definition) is 4. The van der Waals surface area contributed by atoms with Gasteiger partial charge in [-0.1, -0.05) is 56.7 Å². The second-order valence-electron chi connectivity index (χ2n) is 7.53. The molecule has 0 aliphatic rings. The van der Waals surface area contributed by atoms with Crippen LogP contribution in [0.25, 0.3) is 0 Å². The molecule has 0 spiro atoms. The predicted molar refractivity (Wildman–Crippen MR) is 110 cm³/mol. The maximum atomic E-state index is 12.3. The molecule has 0 radical (unpaired) electrons. The maximum Gasteiger partial charge on any atom is 0.275 e. The van der Waals surface area contributed by atoms with Gasteiger partial charge in [0.2, 0.25) is 0 Å². The summed E-state index contributed by atoms with van der Waals surface area (Å²) in [7, 11) is 0. The van der Waals surface area contributed by atoms with Crippen molar-refractivity contribution in [3.05, 3.63) is 77.7 Å². The van der Waals surface area contributed by atoms with E-state index >= 15 is 0 Å². The van der Waals surface area contributed by atoms with Crippen molar-refractivity contribution >= 4 is 23.1 Å². The molecule has 0 saturated carbocycles. The Bertz CT molecular complexity index is 926. The minimum Gasteiger partial charge on any atom is -0.339 e. The van der Waals surface area contributed by atoms with E-state index in [2.05, 4.69) is 47.4 Å². The standard InChI is InChI=1S/C22H24N4O/c1-15-9-11-16(12-10-15)25-21(27)19-13-24-20(14-23-19)26-18-8-6-5-7-17(18)22(2,3)4/h5-14H,1-4H3,(H,24,26)(H,25,27). The van der Waals surface area contributed by atoms with Crippen LogP contribution in [0.1, 0.15) is 42.4 Å². The van der Waals surface area contributed by atoms with Gasteiger partial charge in [0.05, 0.1) is 12.4 Å². The van der Waals surface area contributed by atoms with Crippen LogP contribution in [0.3, 0.4) is 0 Å². The molecule has 138 valence electrons. The third-order valence-corrected chi connectivity index (χ3v) is 4.19. The van der Waals surface area contributed by atoms with Crippen molar-refractivity contribution in [2.75, 3.05) is 10.6 Å². The molecular weight excluding hydrogens is 336 g/mol. The van der Waals surface area contributed by atoms with Gasteiger partial charge in [0.1, 0.15) is 11.5 Å². The summed E-state index contributed by atoms with van der Waals surface area (Å²) in [5.41, 5.74) is 4.31. The van der Waals surface area contributed by atoms with Gasteiger partial charge in [0, 0.05) is 11.4 Å². The Hall–Kier alpha value is -3.21. The highest BCUT2D eigenvalue weighted by atomic mass is 16.1. The predicted octanol–water partition coefficient (Wildman–Crippen LogP) is 5.08. The lowest BCUT2D eigenvalue weighted by Crippen LogP contribution is -2.15. The molecule has 0 unspecified atom stereocenters. The molecule has 0 aliphatic heterocycles. The summed E-state index contributed by atoms with van der Waals surface area (Å²) >= 11 is 0. The highest BCUT2D eigenvalue weighted by molar-refractivity contribution is 6.02. The molecule has 5 heteroatoms. The van der Waals surface area contributed by atoms with Crippen LogP contribution >= 0.6 is 0 Å². The van der Waals surface area contributed by atoms with Crippen LogP contribution in [0.4, 0.5) is 17.2 Å². The zero-order valence-corrected chi connectivity index (χ0v) is 16.1. The maximum absolute atomic E-state index is 12.3. The Morgan fingerprint density at radius 2 is 1.63 bits per heavy atom. The van der Waals surface area contributed by atoms with Crippen LogP contribution in [0, 0.1) is 6.92 Å². The van der Waals surface area contributed by atoms with Gasteiger partial charge in [0.15, 0.2) is 0 Å². The average Bonchev–Trinajstić information content (AvgIpc) is 2.64. The highest BCUT2D eigenvalue weighted by Crippen LogP contribution is 2.30. The summed E-state index contributed by atoms with van der Waals surface area (Å²) in [4.78, 5) is 20.9. The van der Waals surface area contributed by atoms with E-state index in [0.717, 1.165) is 16.9 Å². The van der Waals surface area contributed by atoms with Crippen LogP contribution in [-0.2, 0) is 5.41 Å². The number of carbonyl (C=O) groups excluding carboxylic acids is 1. The Morgan fingerprint density at radius 3 is 2.26 bits per heavy atom. The monoisotopic (exact) mass is 360 g/mol. The number of anilines is 3. The lowest BCUT2D eigenvalue weighted by Gasteiger charge is -2.23. The summed E-state index contributed by atoms with van der Waals surface area (Å²) in [6.45, 7) is 8.49. The second kappa shape index (κ2) is 7.58. The molecule has 5 nitrogen and oxygen atoms in total. The summed E-state index contributed by atoms with van der Waals surface area (Å²) < 4.78 is 0. The fourth-order valence-electron chi connectivity index (χ4n) is 2.73. The molecule has 0 aliphatic carbocycles. The molecule has 1 heterocycles. The fraction of sp³-hybridized carbons (Fsp3) is 0.227. The molecule has 3 aromatic rings. The van der Waals surface area contributed by atoms with E-state index in [0.29, 0.717) is 5.82 Å². The normalized spacial score (nSPS) is 11.1. The minimum absolute atomic E-state index is 0.00485. The van der Waals surface area contributed by atoms with Crippen molar-refractivity contribution in [2.45, 2.75) is 33.1 Å². The number of nitrogens with zero attached hydrogens (tertiary/aromatic N) is 2. The van der Waals surface area contributed by atoms with Gasteiger partial charge in [-0.05, 0) is 36.1 Å². The second-order valence-corrected chi connectivity index (χ2v) is 7.53. The molecular formula is C22H24N4O. The molecule has 0 atom stereocenters. The molecule has 0 saturated heterocycles. The molecule has 3 rings (SSSR count). The first-order valence-electron chi connectivity index (χ1n) is 8.89. The number of aryl methyl sites for hydroxylation is 1. The number of aromatic nitrogens is 2. The summed E-state index contributed by atoms with van der Waals surface area (Å²) in [6.07, 6.45) is 3.05. The number of para-hydroxylation sites is 1. The molecule has 27 heavy (non-hydrogen) atoms. The van der Waals surface area contributed by atoms with Crippen LogP contribution in [0.5, 0.6) is 0 Å². The van der Waals surface area contributed by atoms with E-state index in [9.17, 15) is 4.79 Å². The summed E-state index contributed by atoms with van der Waals surface area (Å²) in [5, 5.41) is 6.12. The lowest BCUT2D eigenvalue weighted by molar-refractivity contribution is 0.102. The van der Waals surface area contributed by atoms with Crippen molar-refractivity contribution < 1.29 is 4.79 Å². The Labute approximate surface area is 159 Å². The van der Waals surface area contributed by atoms with Gasteiger partial charge in [0.25, 0.3) is 5.91 Å². The molecule has 1 aromatic heterocycles. The van der Waals surface area contributed by atoms with E-state index in [1.165, 1.54) is 11.8 Å². The van der Waals surface area contributed by atoms with Crippen molar-refractivity contribution in [1.82, 2.24) is 9.97 Å². The van der Waals surface area contributed by atoms with E-state index < -0.39 is 0 Å². The van der Waals surface area contributed by atoms with Gasteiger partial charge in [-0.25, -0.2) is 9.97 Å². The van der Waals surface area contributed by atoms with Crippen LogP contribution in [0.15, 0.2) is 60.9 Å². The molecule has 0 bridgehead atoms. The topological polar surface area (TPSA) is 66.9 Å². The fourth-order valence-corrected chi connectivity index (χ4v) is 2.73. The van der Waals surface area contributed by atoms with Crippen molar-refractivity contribution in [1.29, 1.82) is 0 Å². The Kier molecular flexibility index (Phi) is 5.21. The average molecular weight is 360 g/mol. The van der Waals surface area contributed by atoms with E-state index in [4.69, 9.17) is 0 Å². The Balaban J connectivity index is 1.72. The first-order valence-corrected chi connectivity index (χ1v) is 8.89. The van der Waals surface area contributed by atoms with Gasteiger partial charge < -0.3 is 10.6 Å². The van der Waals surface area contributed by atoms with Crippen molar-refractivity contribution in [3.63, 3.8) is 0 Å². The van der Waals surface area contributed by atoms with Gasteiger partial charge in [-0.15, -0.1) is 0 Å². The van der Waals surface area contributed by atoms with Gasteiger partial charge in [-0.2, -0.15) is 0 Å². The van der Waals surface area contributed by atoms with Gasteiger partial charge in [-0.3, -0.25) is 4.79 Å². The number of amides is 1. The molecule has 2 N–H and O–H groups in total. The van der Waals surface area contributed by atoms with Crippen molar-refractivity contribution in [2.24, 2.45) is 0 Å². The quantitative estimate of drug-likeness (QED) is 0.681.